The third-order valence-corrected chi connectivity index (χ3v) is 3.26. The number of hydrogen-bond donors (Lipinski definition) is 2. The average molecular weight is 219 g/mol. The zero-order valence-corrected chi connectivity index (χ0v) is 9.23. The minimum absolute atomic E-state index is 0.276. The molecule has 1 heterocycles. The summed E-state index contributed by atoms with van der Waals surface area (Å²) in [7, 11) is 0. The molecule has 0 amide bonds. The maximum Gasteiger partial charge on any atom is 0.320 e. The Morgan fingerprint density at radius 1 is 1.38 bits per heavy atom. The number of hydrogen-bond acceptors (Lipinski definition) is 2. The fraction of sp³-hybridized carbons (Fsp3) is 0.462. The molecule has 1 aliphatic rings. The molecular formula is C13H17NO2. The predicted octanol–water partition coefficient (Wildman–Crippen LogP) is 1.68. The van der Waals surface area contributed by atoms with Crippen LogP contribution in [0.5, 0.6) is 0 Å². The van der Waals surface area contributed by atoms with Crippen LogP contribution in [0.4, 0.5) is 0 Å². The zero-order valence-electron chi connectivity index (χ0n) is 9.23. The minimum Gasteiger partial charge on any atom is -0.480 e. The van der Waals surface area contributed by atoms with E-state index in [0.29, 0.717) is 0 Å². The van der Waals surface area contributed by atoms with Gasteiger partial charge in [0.1, 0.15) is 6.04 Å². The monoisotopic (exact) mass is 219 g/mol. The van der Waals surface area contributed by atoms with Crippen LogP contribution in [-0.4, -0.2) is 23.7 Å². The van der Waals surface area contributed by atoms with E-state index < -0.39 is 5.97 Å². The van der Waals surface area contributed by atoms with Crippen LogP contribution >= 0.6 is 0 Å². The number of rotatable bonds is 4. The molecule has 0 radical (unpaired) electrons. The molecule has 2 N–H and O–H groups in total. The molecule has 1 saturated heterocycles. The highest BCUT2D eigenvalue weighted by Crippen LogP contribution is 2.21. The van der Waals surface area contributed by atoms with Gasteiger partial charge >= 0.3 is 5.97 Å². The maximum atomic E-state index is 11.0. The summed E-state index contributed by atoms with van der Waals surface area (Å²) in [6.07, 6.45) is 2.90. The quantitative estimate of drug-likeness (QED) is 0.810. The smallest absolute Gasteiger partial charge is 0.320 e. The van der Waals surface area contributed by atoms with E-state index in [1.165, 1.54) is 5.56 Å². The fourth-order valence-corrected chi connectivity index (χ4v) is 2.35. The average Bonchev–Trinajstić information content (AvgIpc) is 2.76. The summed E-state index contributed by atoms with van der Waals surface area (Å²) in [6.45, 7) is 0.830. The molecule has 1 fully saturated rings. The van der Waals surface area contributed by atoms with Crippen molar-refractivity contribution in [1.29, 1.82) is 0 Å². The lowest BCUT2D eigenvalue weighted by Crippen LogP contribution is -2.35. The Balaban J connectivity index is 1.88. The number of carbonyl (C=O) groups is 1. The van der Waals surface area contributed by atoms with Gasteiger partial charge in [-0.2, -0.15) is 0 Å². The van der Waals surface area contributed by atoms with Crippen LogP contribution in [0.15, 0.2) is 30.3 Å². The molecular weight excluding hydrogens is 202 g/mol. The largest absolute Gasteiger partial charge is 0.480 e. The van der Waals surface area contributed by atoms with Crippen LogP contribution in [0.1, 0.15) is 18.4 Å². The Kier molecular flexibility index (Phi) is 3.57. The van der Waals surface area contributed by atoms with Gasteiger partial charge in [0, 0.05) is 0 Å². The lowest BCUT2D eigenvalue weighted by atomic mass is 9.93. The first-order valence-corrected chi connectivity index (χ1v) is 5.77. The van der Waals surface area contributed by atoms with E-state index in [-0.39, 0.29) is 12.0 Å². The first-order chi connectivity index (χ1) is 7.77. The Bertz CT molecular complexity index is 350. The number of carboxylic acids is 1. The third-order valence-electron chi connectivity index (χ3n) is 3.26. The van der Waals surface area contributed by atoms with Crippen LogP contribution in [0, 0.1) is 5.92 Å². The van der Waals surface area contributed by atoms with E-state index in [1.54, 1.807) is 0 Å². The summed E-state index contributed by atoms with van der Waals surface area (Å²) in [5, 5.41) is 12.1. The molecule has 0 saturated carbocycles. The Morgan fingerprint density at radius 2 is 2.12 bits per heavy atom. The van der Waals surface area contributed by atoms with E-state index in [2.05, 4.69) is 17.4 Å². The summed E-state index contributed by atoms with van der Waals surface area (Å²) in [6, 6.07) is 9.90. The number of carboxylic acid groups (broad SMARTS) is 1. The lowest BCUT2D eigenvalue weighted by Gasteiger charge is -2.15. The number of benzene rings is 1. The predicted molar refractivity (Wildman–Crippen MR) is 62.3 cm³/mol. The third kappa shape index (κ3) is 2.61. The van der Waals surface area contributed by atoms with Crippen molar-refractivity contribution in [2.75, 3.05) is 6.54 Å². The molecule has 0 bridgehead atoms. The summed E-state index contributed by atoms with van der Waals surface area (Å²) in [4.78, 5) is 11.0. The second-order valence-corrected chi connectivity index (χ2v) is 4.34. The fourth-order valence-electron chi connectivity index (χ4n) is 2.35. The van der Waals surface area contributed by atoms with Crippen molar-refractivity contribution in [3.05, 3.63) is 35.9 Å². The van der Waals surface area contributed by atoms with E-state index in [0.717, 1.165) is 25.8 Å². The van der Waals surface area contributed by atoms with Crippen molar-refractivity contribution in [2.45, 2.75) is 25.3 Å². The molecule has 16 heavy (non-hydrogen) atoms. The maximum absolute atomic E-state index is 11.0. The van der Waals surface area contributed by atoms with Crippen LogP contribution in [0.2, 0.25) is 0 Å². The van der Waals surface area contributed by atoms with Crippen LogP contribution in [0.3, 0.4) is 0 Å². The normalized spacial score (nSPS) is 24.5. The molecule has 0 aromatic heterocycles. The van der Waals surface area contributed by atoms with Gasteiger partial charge in [-0.25, -0.2) is 0 Å². The molecule has 3 heteroatoms. The standard InChI is InChI=1S/C13H17NO2/c15-13(16)12-11(8-9-14-12)7-6-10-4-2-1-3-5-10/h1-5,11-12,14H,6-9H2,(H,15,16)/t11-,12+/m1/s1. The highest BCUT2D eigenvalue weighted by molar-refractivity contribution is 5.74. The minimum atomic E-state index is -0.712. The van der Waals surface area contributed by atoms with Crippen molar-refractivity contribution < 1.29 is 9.90 Å². The lowest BCUT2D eigenvalue weighted by molar-refractivity contribution is -0.140. The summed E-state index contributed by atoms with van der Waals surface area (Å²) in [5.74, 6) is -0.437. The molecule has 1 aromatic carbocycles. The van der Waals surface area contributed by atoms with Crippen molar-refractivity contribution in [3.63, 3.8) is 0 Å². The van der Waals surface area contributed by atoms with E-state index >= 15 is 0 Å². The second-order valence-electron chi connectivity index (χ2n) is 4.34. The highest BCUT2D eigenvalue weighted by atomic mass is 16.4. The van der Waals surface area contributed by atoms with Crippen LogP contribution in [-0.2, 0) is 11.2 Å². The van der Waals surface area contributed by atoms with Gasteiger partial charge in [0.25, 0.3) is 0 Å². The first kappa shape index (κ1) is 11.1. The first-order valence-electron chi connectivity index (χ1n) is 5.77. The van der Waals surface area contributed by atoms with Gasteiger partial charge in [-0.1, -0.05) is 30.3 Å². The van der Waals surface area contributed by atoms with Crippen LogP contribution < -0.4 is 5.32 Å². The number of aliphatic carboxylic acids is 1. The number of aryl methyl sites for hydroxylation is 1. The molecule has 2 rings (SSSR count). The van der Waals surface area contributed by atoms with Crippen molar-refractivity contribution in [2.24, 2.45) is 5.92 Å². The second kappa shape index (κ2) is 5.12. The van der Waals surface area contributed by atoms with Gasteiger partial charge in [-0.05, 0) is 37.3 Å². The molecule has 0 aliphatic carbocycles. The zero-order chi connectivity index (χ0) is 11.4. The molecule has 3 nitrogen and oxygen atoms in total. The van der Waals surface area contributed by atoms with E-state index in [4.69, 9.17) is 5.11 Å². The number of nitrogens with one attached hydrogen (secondary N) is 1. The Hall–Kier alpha value is -1.35. The molecule has 2 atom stereocenters. The van der Waals surface area contributed by atoms with Gasteiger partial charge in [0.2, 0.25) is 0 Å². The molecule has 0 unspecified atom stereocenters. The van der Waals surface area contributed by atoms with Crippen molar-refractivity contribution >= 4 is 5.97 Å². The summed E-state index contributed by atoms with van der Waals surface area (Å²) >= 11 is 0. The SMILES string of the molecule is O=C(O)[C@H]1NCC[C@H]1CCc1ccccc1. The van der Waals surface area contributed by atoms with Gasteiger partial charge in [0.15, 0.2) is 0 Å². The van der Waals surface area contributed by atoms with Crippen molar-refractivity contribution in [3.8, 4) is 0 Å². The van der Waals surface area contributed by atoms with Gasteiger partial charge in [0.05, 0.1) is 0 Å². The topological polar surface area (TPSA) is 49.3 Å². The van der Waals surface area contributed by atoms with Gasteiger partial charge in [-0.3, -0.25) is 4.79 Å². The Labute approximate surface area is 95.5 Å². The summed E-state index contributed by atoms with van der Waals surface area (Å²) in [5.41, 5.74) is 1.29. The molecule has 1 aliphatic heterocycles. The van der Waals surface area contributed by atoms with E-state index in [1.807, 2.05) is 18.2 Å². The van der Waals surface area contributed by atoms with Crippen molar-refractivity contribution in [1.82, 2.24) is 5.32 Å². The van der Waals surface area contributed by atoms with Gasteiger partial charge in [-0.15, -0.1) is 0 Å². The van der Waals surface area contributed by atoms with Gasteiger partial charge < -0.3 is 10.4 Å². The molecule has 1 aromatic rings. The highest BCUT2D eigenvalue weighted by Gasteiger charge is 2.31. The summed E-state index contributed by atoms with van der Waals surface area (Å²) < 4.78 is 0. The van der Waals surface area contributed by atoms with Crippen LogP contribution in [0.25, 0.3) is 0 Å². The Morgan fingerprint density at radius 3 is 2.81 bits per heavy atom. The van der Waals surface area contributed by atoms with E-state index in [9.17, 15) is 4.79 Å². The molecule has 86 valence electrons. The molecule has 0 spiro atoms.